The van der Waals surface area contributed by atoms with Gasteiger partial charge in [0.1, 0.15) is 18.7 Å². The summed E-state index contributed by atoms with van der Waals surface area (Å²) in [7, 11) is 0. The van der Waals surface area contributed by atoms with Crippen LogP contribution in [0.3, 0.4) is 0 Å². The molecule has 0 aliphatic carbocycles. The van der Waals surface area contributed by atoms with E-state index < -0.39 is 5.91 Å². The van der Waals surface area contributed by atoms with Gasteiger partial charge in [0.25, 0.3) is 11.4 Å². The third-order valence-electron chi connectivity index (χ3n) is 3.93. The molecule has 10 nitrogen and oxygen atoms in total. The van der Waals surface area contributed by atoms with Crippen molar-refractivity contribution in [3.63, 3.8) is 0 Å². The van der Waals surface area contributed by atoms with E-state index in [0.717, 1.165) is 9.56 Å². The first-order valence-corrected chi connectivity index (χ1v) is 9.60. The molecular formula is C18H16N6O4S. The Morgan fingerprint density at radius 1 is 1.24 bits per heavy atom. The van der Waals surface area contributed by atoms with Gasteiger partial charge in [0.15, 0.2) is 0 Å². The number of aromatic nitrogens is 5. The molecule has 4 rings (SSSR count). The summed E-state index contributed by atoms with van der Waals surface area (Å²) in [6, 6.07) is 10.2. The number of fused-ring (bicyclic) bond motifs is 1. The Kier molecular flexibility index (Phi) is 5.29. The minimum atomic E-state index is -0.391. The molecule has 0 bridgehead atoms. The van der Waals surface area contributed by atoms with E-state index in [9.17, 15) is 9.59 Å². The summed E-state index contributed by atoms with van der Waals surface area (Å²) in [5.41, 5.74) is 0.110. The molecule has 4 aromatic rings. The molecule has 148 valence electrons. The van der Waals surface area contributed by atoms with Gasteiger partial charge < -0.3 is 14.5 Å². The molecule has 0 spiro atoms. The Labute approximate surface area is 168 Å². The molecule has 3 aromatic heterocycles. The standard InChI is InChI=1S/C18H16N6O4S/c1-11(10-27-18-22-21-16(28-18)14-7-4-8-29-14)19-15(25)9-24-17(26)12-5-2-3-6-13(12)20-23-24/h2-8,11H,9-10H2,1H3,(H,19,25)/t11-/m0/s1. The fourth-order valence-electron chi connectivity index (χ4n) is 2.59. The number of benzene rings is 1. The molecular weight excluding hydrogens is 396 g/mol. The van der Waals surface area contributed by atoms with Crippen molar-refractivity contribution in [2.45, 2.75) is 19.5 Å². The first-order chi connectivity index (χ1) is 14.1. The van der Waals surface area contributed by atoms with E-state index in [1.54, 1.807) is 31.2 Å². The van der Waals surface area contributed by atoms with Crippen LogP contribution in [-0.4, -0.2) is 43.7 Å². The van der Waals surface area contributed by atoms with Crippen LogP contribution in [0.25, 0.3) is 21.7 Å². The Morgan fingerprint density at radius 2 is 2.10 bits per heavy atom. The summed E-state index contributed by atoms with van der Waals surface area (Å²) in [4.78, 5) is 25.5. The zero-order chi connectivity index (χ0) is 20.2. The van der Waals surface area contributed by atoms with E-state index in [-0.39, 0.29) is 30.8 Å². The monoisotopic (exact) mass is 412 g/mol. The van der Waals surface area contributed by atoms with Gasteiger partial charge in [0, 0.05) is 0 Å². The van der Waals surface area contributed by atoms with Crippen molar-refractivity contribution in [2.75, 3.05) is 6.61 Å². The summed E-state index contributed by atoms with van der Waals surface area (Å²) in [5, 5.41) is 20.5. The largest absolute Gasteiger partial charge is 0.447 e. The van der Waals surface area contributed by atoms with Crippen molar-refractivity contribution in [1.29, 1.82) is 0 Å². The molecule has 1 amide bonds. The SMILES string of the molecule is C[C@@H](COc1nnc(-c2cccs2)o1)NC(=O)Cn1nnc2ccccc2c1=O. The average molecular weight is 412 g/mol. The van der Waals surface area contributed by atoms with Crippen LogP contribution in [-0.2, 0) is 11.3 Å². The van der Waals surface area contributed by atoms with Crippen molar-refractivity contribution in [1.82, 2.24) is 30.5 Å². The van der Waals surface area contributed by atoms with Crippen molar-refractivity contribution in [3.8, 4) is 16.8 Å². The summed E-state index contributed by atoms with van der Waals surface area (Å²) < 4.78 is 11.9. The maximum absolute atomic E-state index is 12.4. The summed E-state index contributed by atoms with van der Waals surface area (Å²) in [6.07, 6.45) is 0.0196. The van der Waals surface area contributed by atoms with Crippen LogP contribution < -0.4 is 15.6 Å². The molecule has 0 radical (unpaired) electrons. The minimum Gasteiger partial charge on any atom is -0.447 e. The Hall–Kier alpha value is -3.60. The maximum Gasteiger partial charge on any atom is 0.415 e. The van der Waals surface area contributed by atoms with E-state index in [0.29, 0.717) is 16.8 Å². The number of nitrogens with zero attached hydrogens (tertiary/aromatic N) is 5. The maximum atomic E-state index is 12.4. The van der Waals surface area contributed by atoms with Gasteiger partial charge in [-0.25, -0.2) is 4.68 Å². The highest BCUT2D eigenvalue weighted by Gasteiger charge is 2.15. The summed E-state index contributed by atoms with van der Waals surface area (Å²) >= 11 is 1.48. The van der Waals surface area contributed by atoms with Crippen LogP contribution in [0, 0.1) is 0 Å². The summed E-state index contributed by atoms with van der Waals surface area (Å²) in [5.74, 6) is -0.0153. The van der Waals surface area contributed by atoms with Crippen LogP contribution in [0.1, 0.15) is 6.92 Å². The van der Waals surface area contributed by atoms with Crippen LogP contribution in [0.15, 0.2) is 51.0 Å². The number of nitrogens with one attached hydrogen (secondary N) is 1. The van der Waals surface area contributed by atoms with Crippen LogP contribution in [0.4, 0.5) is 0 Å². The molecule has 1 atom stereocenters. The zero-order valence-corrected chi connectivity index (χ0v) is 16.1. The molecule has 0 aliphatic rings. The van der Waals surface area contributed by atoms with E-state index >= 15 is 0 Å². The fourth-order valence-corrected chi connectivity index (χ4v) is 3.23. The molecule has 0 aliphatic heterocycles. The first-order valence-electron chi connectivity index (χ1n) is 8.72. The summed E-state index contributed by atoms with van der Waals surface area (Å²) in [6.45, 7) is 1.63. The molecule has 0 unspecified atom stereocenters. The van der Waals surface area contributed by atoms with Gasteiger partial charge in [0.2, 0.25) is 5.91 Å². The number of thiophene rings is 1. The Morgan fingerprint density at radius 3 is 2.93 bits per heavy atom. The van der Waals surface area contributed by atoms with Gasteiger partial charge >= 0.3 is 6.08 Å². The average Bonchev–Trinajstić information content (AvgIpc) is 3.40. The molecule has 29 heavy (non-hydrogen) atoms. The van der Waals surface area contributed by atoms with Gasteiger partial charge in [-0.2, -0.15) is 0 Å². The predicted molar refractivity (Wildman–Crippen MR) is 105 cm³/mol. The molecule has 3 heterocycles. The highest BCUT2D eigenvalue weighted by Crippen LogP contribution is 2.25. The van der Waals surface area contributed by atoms with Gasteiger partial charge in [-0.15, -0.1) is 21.5 Å². The zero-order valence-electron chi connectivity index (χ0n) is 15.3. The number of amides is 1. The Bertz CT molecular complexity index is 1190. The lowest BCUT2D eigenvalue weighted by Crippen LogP contribution is -2.41. The van der Waals surface area contributed by atoms with E-state index in [1.165, 1.54) is 11.3 Å². The van der Waals surface area contributed by atoms with Gasteiger partial charge in [-0.1, -0.05) is 28.5 Å². The third-order valence-corrected chi connectivity index (χ3v) is 4.78. The van der Waals surface area contributed by atoms with E-state index in [1.807, 2.05) is 17.5 Å². The first kappa shape index (κ1) is 18.7. The highest BCUT2D eigenvalue weighted by atomic mass is 32.1. The fraction of sp³-hybridized carbons (Fsp3) is 0.222. The van der Waals surface area contributed by atoms with Crippen LogP contribution in [0.5, 0.6) is 6.08 Å². The number of rotatable bonds is 7. The second kappa shape index (κ2) is 8.19. The number of hydrogen-bond donors (Lipinski definition) is 1. The van der Waals surface area contributed by atoms with Crippen molar-refractivity contribution >= 4 is 28.1 Å². The predicted octanol–water partition coefficient (Wildman–Crippen LogP) is 1.49. The lowest BCUT2D eigenvalue weighted by molar-refractivity contribution is -0.122. The minimum absolute atomic E-state index is 0.0196. The van der Waals surface area contributed by atoms with E-state index in [2.05, 4.69) is 25.8 Å². The number of carbonyl (C=O) groups excluding carboxylic acids is 1. The molecule has 0 saturated carbocycles. The normalized spacial score (nSPS) is 12.0. The lowest BCUT2D eigenvalue weighted by Gasteiger charge is -2.13. The van der Waals surface area contributed by atoms with E-state index in [4.69, 9.17) is 9.15 Å². The quantitative estimate of drug-likeness (QED) is 0.484. The van der Waals surface area contributed by atoms with Crippen molar-refractivity contribution < 1.29 is 13.9 Å². The van der Waals surface area contributed by atoms with Gasteiger partial charge in [0.05, 0.1) is 16.3 Å². The van der Waals surface area contributed by atoms with Crippen molar-refractivity contribution in [2.24, 2.45) is 0 Å². The molecule has 0 fully saturated rings. The van der Waals surface area contributed by atoms with Gasteiger partial charge in [-0.05, 0) is 30.5 Å². The molecule has 1 N–H and O–H groups in total. The number of hydrogen-bond acceptors (Lipinski definition) is 9. The lowest BCUT2D eigenvalue weighted by atomic mass is 10.2. The topological polar surface area (TPSA) is 125 Å². The molecule has 0 saturated heterocycles. The smallest absolute Gasteiger partial charge is 0.415 e. The second-order valence-corrected chi connectivity index (χ2v) is 7.15. The number of ether oxygens (including phenoxy) is 1. The number of carbonyl (C=O) groups is 1. The third kappa shape index (κ3) is 4.29. The van der Waals surface area contributed by atoms with Crippen LogP contribution >= 0.6 is 11.3 Å². The highest BCUT2D eigenvalue weighted by molar-refractivity contribution is 7.13. The molecule has 1 aromatic carbocycles. The van der Waals surface area contributed by atoms with Gasteiger partial charge in [-0.3, -0.25) is 9.59 Å². The Balaban J connectivity index is 1.32. The van der Waals surface area contributed by atoms with Crippen LogP contribution in [0.2, 0.25) is 0 Å². The molecule has 11 heteroatoms. The second-order valence-electron chi connectivity index (χ2n) is 6.20. The van der Waals surface area contributed by atoms with Crippen molar-refractivity contribution in [3.05, 3.63) is 52.1 Å².